The molecular formula is C13H19NO. The SMILES string of the molecule is C=CCN(CCO)Cc1ccccc1C. The van der Waals surface area contributed by atoms with E-state index < -0.39 is 0 Å². The average Bonchev–Trinajstić information content (AvgIpc) is 2.22. The lowest BCUT2D eigenvalue weighted by molar-refractivity contribution is 0.203. The van der Waals surface area contributed by atoms with E-state index in [4.69, 9.17) is 5.11 Å². The maximum atomic E-state index is 8.93. The van der Waals surface area contributed by atoms with E-state index in [1.165, 1.54) is 11.1 Å². The van der Waals surface area contributed by atoms with Gasteiger partial charge in [-0.05, 0) is 18.1 Å². The molecule has 1 rings (SSSR count). The molecule has 0 aliphatic rings. The summed E-state index contributed by atoms with van der Waals surface area (Å²) in [4.78, 5) is 2.18. The van der Waals surface area contributed by atoms with Gasteiger partial charge in [-0.15, -0.1) is 6.58 Å². The molecule has 15 heavy (non-hydrogen) atoms. The van der Waals surface area contributed by atoms with Gasteiger partial charge < -0.3 is 5.11 Å². The van der Waals surface area contributed by atoms with Crippen LogP contribution in [0.2, 0.25) is 0 Å². The fourth-order valence-electron chi connectivity index (χ4n) is 1.59. The average molecular weight is 205 g/mol. The molecule has 0 fully saturated rings. The zero-order valence-corrected chi connectivity index (χ0v) is 9.32. The summed E-state index contributed by atoms with van der Waals surface area (Å²) in [7, 11) is 0. The van der Waals surface area contributed by atoms with E-state index in [-0.39, 0.29) is 6.61 Å². The first-order chi connectivity index (χ1) is 7.27. The maximum absolute atomic E-state index is 8.93. The molecule has 0 heterocycles. The van der Waals surface area contributed by atoms with Crippen LogP contribution < -0.4 is 0 Å². The fraction of sp³-hybridized carbons (Fsp3) is 0.385. The largest absolute Gasteiger partial charge is 0.395 e. The van der Waals surface area contributed by atoms with Crippen LogP contribution in [0.15, 0.2) is 36.9 Å². The summed E-state index contributed by atoms with van der Waals surface area (Å²) in [5, 5.41) is 8.93. The van der Waals surface area contributed by atoms with Crippen molar-refractivity contribution < 1.29 is 5.11 Å². The molecule has 1 aromatic rings. The van der Waals surface area contributed by atoms with Gasteiger partial charge in [0.25, 0.3) is 0 Å². The summed E-state index contributed by atoms with van der Waals surface area (Å²) in [6.07, 6.45) is 1.87. The minimum absolute atomic E-state index is 0.194. The molecule has 0 amide bonds. The first-order valence-corrected chi connectivity index (χ1v) is 5.26. The molecule has 2 heteroatoms. The Kier molecular flexibility index (Phi) is 5.08. The Morgan fingerprint density at radius 3 is 2.73 bits per heavy atom. The van der Waals surface area contributed by atoms with E-state index in [0.717, 1.165) is 13.1 Å². The zero-order valence-electron chi connectivity index (χ0n) is 9.32. The number of benzene rings is 1. The van der Waals surface area contributed by atoms with E-state index in [2.05, 4.69) is 30.5 Å². The maximum Gasteiger partial charge on any atom is 0.0558 e. The predicted octanol–water partition coefficient (Wildman–Crippen LogP) is 1.98. The van der Waals surface area contributed by atoms with Gasteiger partial charge in [0.15, 0.2) is 0 Å². The molecule has 0 aliphatic carbocycles. The smallest absolute Gasteiger partial charge is 0.0558 e. The molecule has 0 aliphatic heterocycles. The van der Waals surface area contributed by atoms with Crippen molar-refractivity contribution in [3.63, 3.8) is 0 Å². The summed E-state index contributed by atoms with van der Waals surface area (Å²) >= 11 is 0. The van der Waals surface area contributed by atoms with Crippen molar-refractivity contribution in [2.75, 3.05) is 19.7 Å². The summed E-state index contributed by atoms with van der Waals surface area (Å²) < 4.78 is 0. The summed E-state index contributed by atoms with van der Waals surface area (Å²) in [6.45, 7) is 8.41. The molecule has 1 aromatic carbocycles. The quantitative estimate of drug-likeness (QED) is 0.718. The molecule has 2 nitrogen and oxygen atoms in total. The van der Waals surface area contributed by atoms with Crippen molar-refractivity contribution in [1.82, 2.24) is 4.90 Å². The Hall–Kier alpha value is -1.12. The lowest BCUT2D eigenvalue weighted by Crippen LogP contribution is -2.26. The lowest BCUT2D eigenvalue weighted by atomic mass is 10.1. The van der Waals surface area contributed by atoms with E-state index >= 15 is 0 Å². The van der Waals surface area contributed by atoms with Crippen LogP contribution in [0, 0.1) is 6.92 Å². The van der Waals surface area contributed by atoms with Gasteiger partial charge in [0.05, 0.1) is 6.61 Å². The highest BCUT2D eigenvalue weighted by Gasteiger charge is 2.04. The minimum Gasteiger partial charge on any atom is -0.395 e. The predicted molar refractivity (Wildman–Crippen MR) is 63.7 cm³/mol. The third-order valence-corrected chi connectivity index (χ3v) is 2.46. The normalized spacial score (nSPS) is 10.6. The topological polar surface area (TPSA) is 23.5 Å². The summed E-state index contributed by atoms with van der Waals surface area (Å²) in [6, 6.07) is 8.33. The van der Waals surface area contributed by atoms with Crippen molar-refractivity contribution in [1.29, 1.82) is 0 Å². The number of hydrogen-bond donors (Lipinski definition) is 1. The molecule has 0 unspecified atom stereocenters. The van der Waals surface area contributed by atoms with Gasteiger partial charge in [0.2, 0.25) is 0 Å². The van der Waals surface area contributed by atoms with Gasteiger partial charge in [0, 0.05) is 19.6 Å². The van der Waals surface area contributed by atoms with Crippen molar-refractivity contribution in [3.8, 4) is 0 Å². The van der Waals surface area contributed by atoms with Crippen LogP contribution in [0.1, 0.15) is 11.1 Å². The van der Waals surface area contributed by atoms with Crippen molar-refractivity contribution in [3.05, 3.63) is 48.0 Å². The van der Waals surface area contributed by atoms with E-state index in [1.54, 1.807) is 0 Å². The molecule has 82 valence electrons. The first kappa shape index (κ1) is 12.0. The third kappa shape index (κ3) is 3.86. The zero-order chi connectivity index (χ0) is 11.1. The standard InChI is InChI=1S/C13H19NO/c1-3-8-14(9-10-15)11-13-7-5-4-6-12(13)2/h3-7,15H,1,8-11H2,2H3. The molecule has 0 aromatic heterocycles. The van der Waals surface area contributed by atoms with Gasteiger partial charge in [0.1, 0.15) is 0 Å². The number of aliphatic hydroxyl groups excluding tert-OH is 1. The molecule has 0 atom stereocenters. The highest BCUT2D eigenvalue weighted by atomic mass is 16.3. The molecule has 0 saturated carbocycles. The Morgan fingerprint density at radius 2 is 2.13 bits per heavy atom. The van der Waals surface area contributed by atoms with Gasteiger partial charge in [-0.2, -0.15) is 0 Å². The van der Waals surface area contributed by atoms with Crippen molar-refractivity contribution >= 4 is 0 Å². The van der Waals surface area contributed by atoms with Crippen LogP contribution in [0.25, 0.3) is 0 Å². The molecule has 1 N–H and O–H groups in total. The number of aliphatic hydroxyl groups is 1. The van der Waals surface area contributed by atoms with E-state index in [0.29, 0.717) is 6.54 Å². The molecule has 0 spiro atoms. The number of hydrogen-bond acceptors (Lipinski definition) is 2. The van der Waals surface area contributed by atoms with Gasteiger partial charge in [-0.1, -0.05) is 30.3 Å². The second-order valence-electron chi connectivity index (χ2n) is 3.67. The Morgan fingerprint density at radius 1 is 1.40 bits per heavy atom. The van der Waals surface area contributed by atoms with Crippen LogP contribution in [0.4, 0.5) is 0 Å². The second kappa shape index (κ2) is 6.38. The molecule has 0 bridgehead atoms. The lowest BCUT2D eigenvalue weighted by Gasteiger charge is -2.20. The summed E-state index contributed by atoms with van der Waals surface area (Å²) in [5.41, 5.74) is 2.61. The first-order valence-electron chi connectivity index (χ1n) is 5.26. The van der Waals surface area contributed by atoms with E-state index in [9.17, 15) is 0 Å². The minimum atomic E-state index is 0.194. The number of aryl methyl sites for hydroxylation is 1. The van der Waals surface area contributed by atoms with Gasteiger partial charge >= 0.3 is 0 Å². The van der Waals surface area contributed by atoms with Crippen molar-refractivity contribution in [2.45, 2.75) is 13.5 Å². The van der Waals surface area contributed by atoms with Gasteiger partial charge in [-0.3, -0.25) is 4.90 Å². The van der Waals surface area contributed by atoms with Gasteiger partial charge in [-0.25, -0.2) is 0 Å². The van der Waals surface area contributed by atoms with Crippen LogP contribution in [0.5, 0.6) is 0 Å². The number of nitrogens with zero attached hydrogens (tertiary/aromatic N) is 1. The Bertz CT molecular complexity index is 309. The molecule has 0 saturated heterocycles. The van der Waals surface area contributed by atoms with E-state index in [1.807, 2.05) is 18.2 Å². The van der Waals surface area contributed by atoms with Crippen LogP contribution in [-0.2, 0) is 6.54 Å². The molecule has 0 radical (unpaired) electrons. The fourth-order valence-corrected chi connectivity index (χ4v) is 1.59. The van der Waals surface area contributed by atoms with Crippen LogP contribution in [0.3, 0.4) is 0 Å². The Labute approximate surface area is 91.9 Å². The summed E-state index contributed by atoms with van der Waals surface area (Å²) in [5.74, 6) is 0. The van der Waals surface area contributed by atoms with Crippen LogP contribution >= 0.6 is 0 Å². The number of rotatable bonds is 6. The third-order valence-electron chi connectivity index (χ3n) is 2.46. The Balaban J connectivity index is 2.64. The van der Waals surface area contributed by atoms with Crippen molar-refractivity contribution in [2.24, 2.45) is 0 Å². The molecular weight excluding hydrogens is 186 g/mol. The highest BCUT2D eigenvalue weighted by molar-refractivity contribution is 5.25. The van der Waals surface area contributed by atoms with Crippen LogP contribution in [-0.4, -0.2) is 29.7 Å². The highest BCUT2D eigenvalue weighted by Crippen LogP contribution is 2.09. The monoisotopic (exact) mass is 205 g/mol. The second-order valence-corrected chi connectivity index (χ2v) is 3.67.